The normalized spacial score (nSPS) is 10.0. The largest absolute Gasteiger partial charge is 0.493 e. The molecule has 0 spiro atoms. The van der Waals surface area contributed by atoms with E-state index in [-0.39, 0.29) is 12.3 Å². The van der Waals surface area contributed by atoms with Crippen LogP contribution in [0.5, 0.6) is 28.7 Å². The third-order valence-electron chi connectivity index (χ3n) is 3.49. The number of nitrogens with one attached hydrogen (secondary N) is 1. The van der Waals surface area contributed by atoms with E-state index < -0.39 is 0 Å². The second-order valence-corrected chi connectivity index (χ2v) is 4.92. The van der Waals surface area contributed by atoms with Crippen LogP contribution in [0.3, 0.4) is 0 Å². The fourth-order valence-electron chi connectivity index (χ4n) is 2.22. The van der Waals surface area contributed by atoms with Gasteiger partial charge in [-0.1, -0.05) is 12.1 Å². The zero-order valence-electron chi connectivity index (χ0n) is 14.2. The second kappa shape index (κ2) is 8.10. The number of carbonyl (C=O) groups excluding carboxylic acids is 1. The van der Waals surface area contributed by atoms with E-state index in [2.05, 4.69) is 5.32 Å². The monoisotopic (exact) mass is 331 g/mol. The molecule has 0 atom stereocenters. The molecule has 0 saturated heterocycles. The molecule has 2 aromatic rings. The number of ether oxygens (including phenoxy) is 4. The lowest BCUT2D eigenvalue weighted by molar-refractivity contribution is -0.119. The van der Waals surface area contributed by atoms with Crippen LogP contribution in [0.2, 0.25) is 0 Å². The molecule has 0 aliphatic rings. The zero-order chi connectivity index (χ0) is 17.5. The molecule has 6 heteroatoms. The number of hydrogen-bond acceptors (Lipinski definition) is 5. The maximum Gasteiger partial charge on any atom is 0.224 e. The number of benzene rings is 2. The van der Waals surface area contributed by atoms with E-state index in [4.69, 9.17) is 18.9 Å². The fraction of sp³-hybridized carbons (Fsp3) is 0.278. The number of para-hydroxylation sites is 2. The van der Waals surface area contributed by atoms with Crippen LogP contribution in [-0.4, -0.2) is 34.3 Å². The van der Waals surface area contributed by atoms with Gasteiger partial charge in [0.25, 0.3) is 0 Å². The SMILES string of the molecule is CNC(=O)Cc1cc(OC)c(OC)cc1Oc1ccccc1OC. The van der Waals surface area contributed by atoms with Crippen molar-refractivity contribution in [3.8, 4) is 28.7 Å². The van der Waals surface area contributed by atoms with E-state index in [0.29, 0.717) is 34.3 Å². The summed E-state index contributed by atoms with van der Waals surface area (Å²) >= 11 is 0. The number of hydrogen-bond donors (Lipinski definition) is 1. The highest BCUT2D eigenvalue weighted by atomic mass is 16.5. The van der Waals surface area contributed by atoms with Crippen molar-refractivity contribution in [1.82, 2.24) is 5.32 Å². The summed E-state index contributed by atoms with van der Waals surface area (Å²) in [7, 11) is 6.25. The minimum Gasteiger partial charge on any atom is -0.493 e. The summed E-state index contributed by atoms with van der Waals surface area (Å²) in [5, 5.41) is 2.60. The first-order valence-corrected chi connectivity index (χ1v) is 7.39. The van der Waals surface area contributed by atoms with Gasteiger partial charge in [0.1, 0.15) is 5.75 Å². The van der Waals surface area contributed by atoms with Gasteiger partial charge in [0.2, 0.25) is 5.91 Å². The fourth-order valence-corrected chi connectivity index (χ4v) is 2.22. The van der Waals surface area contributed by atoms with Gasteiger partial charge in [-0.3, -0.25) is 4.79 Å². The molecule has 0 aromatic heterocycles. The van der Waals surface area contributed by atoms with E-state index in [0.717, 1.165) is 0 Å². The highest BCUT2D eigenvalue weighted by Crippen LogP contribution is 2.39. The molecule has 0 heterocycles. The maximum atomic E-state index is 11.8. The molecule has 128 valence electrons. The summed E-state index contributed by atoms with van der Waals surface area (Å²) in [5.41, 5.74) is 0.679. The van der Waals surface area contributed by atoms with Gasteiger partial charge in [-0.25, -0.2) is 0 Å². The first-order chi connectivity index (χ1) is 11.6. The minimum atomic E-state index is -0.132. The Kier molecular flexibility index (Phi) is 5.89. The smallest absolute Gasteiger partial charge is 0.224 e. The molecule has 1 N–H and O–H groups in total. The molecule has 2 rings (SSSR count). The van der Waals surface area contributed by atoms with Gasteiger partial charge in [-0.2, -0.15) is 0 Å². The molecular weight excluding hydrogens is 310 g/mol. The summed E-state index contributed by atoms with van der Waals surface area (Å²) in [6.45, 7) is 0. The van der Waals surface area contributed by atoms with E-state index in [1.165, 1.54) is 0 Å². The Bertz CT molecular complexity index is 715. The summed E-state index contributed by atoms with van der Waals surface area (Å²) in [4.78, 5) is 11.8. The average Bonchev–Trinajstić information content (AvgIpc) is 2.62. The first kappa shape index (κ1) is 17.5. The van der Waals surface area contributed by atoms with Gasteiger partial charge < -0.3 is 24.3 Å². The van der Waals surface area contributed by atoms with Crippen molar-refractivity contribution in [2.45, 2.75) is 6.42 Å². The molecule has 6 nitrogen and oxygen atoms in total. The van der Waals surface area contributed by atoms with Crippen LogP contribution in [-0.2, 0) is 11.2 Å². The van der Waals surface area contributed by atoms with Crippen molar-refractivity contribution in [2.24, 2.45) is 0 Å². The number of likely N-dealkylation sites (N-methyl/N-ethyl adjacent to an activating group) is 1. The Hall–Kier alpha value is -2.89. The predicted molar refractivity (Wildman–Crippen MR) is 90.4 cm³/mol. The number of amides is 1. The van der Waals surface area contributed by atoms with E-state index in [1.807, 2.05) is 12.1 Å². The minimum absolute atomic E-state index is 0.132. The number of carbonyl (C=O) groups is 1. The molecule has 0 radical (unpaired) electrons. The van der Waals surface area contributed by atoms with Gasteiger partial charge in [0.15, 0.2) is 23.0 Å². The third kappa shape index (κ3) is 3.90. The lowest BCUT2D eigenvalue weighted by Gasteiger charge is -2.16. The van der Waals surface area contributed by atoms with E-state index in [9.17, 15) is 4.79 Å². The van der Waals surface area contributed by atoms with Gasteiger partial charge >= 0.3 is 0 Å². The highest BCUT2D eigenvalue weighted by Gasteiger charge is 2.16. The lowest BCUT2D eigenvalue weighted by atomic mass is 10.1. The van der Waals surface area contributed by atoms with Crippen LogP contribution in [0.1, 0.15) is 5.56 Å². The summed E-state index contributed by atoms with van der Waals surface area (Å²) in [5.74, 6) is 2.56. The highest BCUT2D eigenvalue weighted by molar-refractivity contribution is 5.79. The Balaban J connectivity index is 2.47. The van der Waals surface area contributed by atoms with Crippen molar-refractivity contribution < 1.29 is 23.7 Å². The average molecular weight is 331 g/mol. The van der Waals surface area contributed by atoms with Crippen LogP contribution < -0.4 is 24.3 Å². The van der Waals surface area contributed by atoms with Crippen molar-refractivity contribution in [2.75, 3.05) is 28.4 Å². The molecule has 2 aromatic carbocycles. The predicted octanol–water partition coefficient (Wildman–Crippen LogP) is 2.79. The quantitative estimate of drug-likeness (QED) is 0.845. The topological polar surface area (TPSA) is 66.0 Å². The molecule has 0 aliphatic carbocycles. The van der Waals surface area contributed by atoms with Crippen LogP contribution in [0.25, 0.3) is 0 Å². The molecular formula is C18H21NO5. The van der Waals surface area contributed by atoms with Gasteiger partial charge in [-0.05, 0) is 18.2 Å². The molecule has 0 bridgehead atoms. The van der Waals surface area contributed by atoms with Gasteiger partial charge in [0, 0.05) is 18.7 Å². The number of rotatable bonds is 7. The van der Waals surface area contributed by atoms with E-state index >= 15 is 0 Å². The third-order valence-corrected chi connectivity index (χ3v) is 3.49. The lowest BCUT2D eigenvalue weighted by Crippen LogP contribution is -2.20. The van der Waals surface area contributed by atoms with Crippen LogP contribution in [0, 0.1) is 0 Å². The standard InChI is InChI=1S/C18H21NO5/c1-19-18(20)10-12-9-16(22-3)17(23-4)11-15(12)24-14-8-6-5-7-13(14)21-2/h5-9,11H,10H2,1-4H3,(H,19,20). The summed E-state index contributed by atoms with van der Waals surface area (Å²) in [6, 6.07) is 10.7. The maximum absolute atomic E-state index is 11.8. The molecule has 0 saturated carbocycles. The van der Waals surface area contributed by atoms with Crippen LogP contribution >= 0.6 is 0 Å². The molecule has 0 unspecified atom stereocenters. The molecule has 0 fully saturated rings. The summed E-state index contributed by atoms with van der Waals surface area (Å²) in [6.07, 6.45) is 0.154. The first-order valence-electron chi connectivity index (χ1n) is 7.39. The zero-order valence-corrected chi connectivity index (χ0v) is 14.2. The Labute approximate surface area is 141 Å². The number of methoxy groups -OCH3 is 3. The van der Waals surface area contributed by atoms with Gasteiger partial charge in [0.05, 0.1) is 27.8 Å². The Morgan fingerprint density at radius 2 is 1.46 bits per heavy atom. The Morgan fingerprint density at radius 3 is 2.04 bits per heavy atom. The van der Waals surface area contributed by atoms with Crippen LogP contribution in [0.15, 0.2) is 36.4 Å². The van der Waals surface area contributed by atoms with Gasteiger partial charge in [-0.15, -0.1) is 0 Å². The summed E-state index contributed by atoms with van der Waals surface area (Å²) < 4.78 is 21.9. The molecule has 0 aliphatic heterocycles. The Morgan fingerprint density at radius 1 is 0.875 bits per heavy atom. The second-order valence-electron chi connectivity index (χ2n) is 4.92. The van der Waals surface area contributed by atoms with Crippen LogP contribution in [0.4, 0.5) is 0 Å². The van der Waals surface area contributed by atoms with Crippen molar-refractivity contribution in [3.63, 3.8) is 0 Å². The van der Waals surface area contributed by atoms with Crippen molar-refractivity contribution >= 4 is 5.91 Å². The van der Waals surface area contributed by atoms with Crippen molar-refractivity contribution in [3.05, 3.63) is 42.0 Å². The van der Waals surface area contributed by atoms with Crippen molar-refractivity contribution in [1.29, 1.82) is 0 Å². The van der Waals surface area contributed by atoms with E-state index in [1.54, 1.807) is 52.6 Å². The molecule has 1 amide bonds. The molecule has 24 heavy (non-hydrogen) atoms.